The number of carboxylic acid groups (broad SMARTS) is 1. The van der Waals surface area contributed by atoms with Gasteiger partial charge in [0.05, 0.1) is 12.5 Å². The first-order chi connectivity index (χ1) is 7.56. The Morgan fingerprint density at radius 3 is 2.44 bits per heavy atom. The van der Waals surface area contributed by atoms with E-state index in [0.29, 0.717) is 0 Å². The van der Waals surface area contributed by atoms with E-state index in [1.165, 1.54) is 0 Å². The van der Waals surface area contributed by atoms with Crippen molar-refractivity contribution in [2.24, 2.45) is 0 Å². The molecule has 86 valence electrons. The van der Waals surface area contributed by atoms with Crippen LogP contribution in [0.2, 0.25) is 0 Å². The fraction of sp³-hybridized carbons (Fsp3) is 0.200. The van der Waals surface area contributed by atoms with Gasteiger partial charge in [0.25, 0.3) is 0 Å². The molecule has 0 saturated heterocycles. The topological polar surface area (TPSA) is 66.4 Å². The molecule has 1 amide bonds. The van der Waals surface area contributed by atoms with Crippen LogP contribution < -0.4 is 5.32 Å². The van der Waals surface area contributed by atoms with Crippen LogP contribution in [-0.2, 0) is 9.59 Å². The standard InChI is InChI=1S/C10H9F2NO3/c11-6-2-1-3-7(12)10(6)8(13-5-14)4-9(15)16/h1-3,5,8H,4H2,(H,13,14)(H,15,16)/t8-/m1/s1. The molecule has 1 aromatic rings. The zero-order valence-corrected chi connectivity index (χ0v) is 8.11. The molecule has 0 fully saturated rings. The zero-order valence-electron chi connectivity index (χ0n) is 8.11. The van der Waals surface area contributed by atoms with E-state index in [0.717, 1.165) is 18.2 Å². The number of aliphatic carboxylic acids is 1. The third kappa shape index (κ3) is 2.75. The third-order valence-corrected chi connectivity index (χ3v) is 2.00. The summed E-state index contributed by atoms with van der Waals surface area (Å²) in [6.45, 7) is 0. The summed E-state index contributed by atoms with van der Waals surface area (Å²) in [7, 11) is 0. The van der Waals surface area contributed by atoms with Gasteiger partial charge in [0.15, 0.2) is 0 Å². The van der Waals surface area contributed by atoms with Crippen molar-refractivity contribution in [2.75, 3.05) is 0 Å². The van der Waals surface area contributed by atoms with E-state index in [9.17, 15) is 18.4 Å². The molecule has 2 N–H and O–H groups in total. The van der Waals surface area contributed by atoms with Crippen LogP contribution in [0, 0.1) is 11.6 Å². The van der Waals surface area contributed by atoms with Gasteiger partial charge in [-0.15, -0.1) is 0 Å². The van der Waals surface area contributed by atoms with Crippen LogP contribution in [0.1, 0.15) is 18.0 Å². The van der Waals surface area contributed by atoms with Gasteiger partial charge in [0.2, 0.25) is 6.41 Å². The number of halogens is 2. The molecule has 16 heavy (non-hydrogen) atoms. The monoisotopic (exact) mass is 229 g/mol. The van der Waals surface area contributed by atoms with E-state index in [2.05, 4.69) is 5.32 Å². The Labute approximate surface area is 89.9 Å². The number of benzene rings is 1. The van der Waals surface area contributed by atoms with Crippen molar-refractivity contribution in [3.05, 3.63) is 35.4 Å². The van der Waals surface area contributed by atoms with Crippen molar-refractivity contribution in [2.45, 2.75) is 12.5 Å². The maximum absolute atomic E-state index is 13.3. The zero-order chi connectivity index (χ0) is 12.1. The molecule has 1 aromatic carbocycles. The van der Waals surface area contributed by atoms with E-state index in [4.69, 9.17) is 5.11 Å². The third-order valence-electron chi connectivity index (χ3n) is 2.00. The molecule has 0 radical (unpaired) electrons. The summed E-state index contributed by atoms with van der Waals surface area (Å²) in [4.78, 5) is 20.7. The highest BCUT2D eigenvalue weighted by molar-refractivity contribution is 5.68. The average Bonchev–Trinajstić information content (AvgIpc) is 2.16. The van der Waals surface area contributed by atoms with Gasteiger partial charge in [-0.2, -0.15) is 0 Å². The van der Waals surface area contributed by atoms with Crippen LogP contribution in [-0.4, -0.2) is 17.5 Å². The Morgan fingerprint density at radius 1 is 1.44 bits per heavy atom. The highest BCUT2D eigenvalue weighted by Crippen LogP contribution is 2.22. The molecule has 0 aliphatic heterocycles. The molecule has 0 unspecified atom stereocenters. The number of hydrogen-bond donors (Lipinski definition) is 2. The molecule has 4 nitrogen and oxygen atoms in total. The molecule has 0 aliphatic rings. The second-order valence-corrected chi connectivity index (χ2v) is 3.07. The van der Waals surface area contributed by atoms with Crippen LogP contribution in [0.5, 0.6) is 0 Å². The summed E-state index contributed by atoms with van der Waals surface area (Å²) in [5.74, 6) is -3.04. The molecule has 0 saturated carbocycles. The van der Waals surface area contributed by atoms with Crippen LogP contribution in [0.3, 0.4) is 0 Å². The van der Waals surface area contributed by atoms with Gasteiger partial charge in [0.1, 0.15) is 11.6 Å². The predicted molar refractivity (Wildman–Crippen MR) is 50.6 cm³/mol. The quantitative estimate of drug-likeness (QED) is 0.746. The number of nitrogens with one attached hydrogen (secondary N) is 1. The predicted octanol–water partition coefficient (Wildman–Crippen LogP) is 1.23. The first-order valence-electron chi connectivity index (χ1n) is 4.41. The molecule has 0 bridgehead atoms. The highest BCUT2D eigenvalue weighted by atomic mass is 19.1. The average molecular weight is 229 g/mol. The summed E-state index contributed by atoms with van der Waals surface area (Å²) >= 11 is 0. The lowest BCUT2D eigenvalue weighted by atomic mass is 10.0. The number of carbonyl (C=O) groups is 2. The smallest absolute Gasteiger partial charge is 0.305 e. The largest absolute Gasteiger partial charge is 0.481 e. The summed E-state index contributed by atoms with van der Waals surface area (Å²) < 4.78 is 26.6. The number of carboxylic acids is 1. The summed E-state index contributed by atoms with van der Waals surface area (Å²) in [6, 6.07) is 1.95. The normalized spacial score (nSPS) is 11.9. The van der Waals surface area contributed by atoms with Crippen LogP contribution in [0.4, 0.5) is 8.78 Å². The number of rotatable bonds is 5. The van der Waals surface area contributed by atoms with Crippen molar-refractivity contribution in [1.82, 2.24) is 5.32 Å². The summed E-state index contributed by atoms with van der Waals surface area (Å²) in [5, 5.41) is 10.6. The van der Waals surface area contributed by atoms with Crippen LogP contribution in [0.15, 0.2) is 18.2 Å². The van der Waals surface area contributed by atoms with Crippen LogP contribution >= 0.6 is 0 Å². The summed E-state index contributed by atoms with van der Waals surface area (Å²) in [5.41, 5.74) is -0.447. The maximum atomic E-state index is 13.3. The van der Waals surface area contributed by atoms with Crippen molar-refractivity contribution in [3.63, 3.8) is 0 Å². The second kappa shape index (κ2) is 5.20. The molecular formula is C10H9F2NO3. The van der Waals surface area contributed by atoms with Crippen LogP contribution in [0.25, 0.3) is 0 Å². The molecule has 1 atom stereocenters. The minimum absolute atomic E-state index is 0.208. The first kappa shape index (κ1) is 12.1. The van der Waals surface area contributed by atoms with Gasteiger partial charge in [-0.25, -0.2) is 8.78 Å². The van der Waals surface area contributed by atoms with Gasteiger partial charge < -0.3 is 10.4 Å². The molecule has 0 spiro atoms. The van der Waals surface area contributed by atoms with Gasteiger partial charge in [-0.3, -0.25) is 9.59 Å². The Hall–Kier alpha value is -1.98. The summed E-state index contributed by atoms with van der Waals surface area (Å²) in [6.07, 6.45) is -0.379. The van der Waals surface area contributed by atoms with Gasteiger partial charge in [0, 0.05) is 5.56 Å². The lowest BCUT2D eigenvalue weighted by Gasteiger charge is -2.15. The number of amides is 1. The fourth-order valence-electron chi connectivity index (χ4n) is 1.34. The molecule has 0 heterocycles. The number of carbonyl (C=O) groups excluding carboxylic acids is 1. The van der Waals surface area contributed by atoms with Crippen molar-refractivity contribution < 1.29 is 23.5 Å². The van der Waals surface area contributed by atoms with Crippen molar-refractivity contribution in [1.29, 1.82) is 0 Å². The van der Waals surface area contributed by atoms with E-state index in [1.54, 1.807) is 0 Å². The molecule has 1 rings (SSSR count). The van der Waals surface area contributed by atoms with E-state index in [-0.39, 0.29) is 6.41 Å². The molecule has 0 aliphatic carbocycles. The minimum Gasteiger partial charge on any atom is -0.481 e. The molecular weight excluding hydrogens is 220 g/mol. The van der Waals surface area contributed by atoms with Gasteiger partial charge >= 0.3 is 5.97 Å². The Kier molecular flexibility index (Phi) is 3.93. The Bertz CT molecular complexity index is 389. The highest BCUT2D eigenvalue weighted by Gasteiger charge is 2.21. The van der Waals surface area contributed by atoms with Crippen molar-refractivity contribution in [3.8, 4) is 0 Å². The van der Waals surface area contributed by atoms with Crippen molar-refractivity contribution >= 4 is 12.4 Å². The van der Waals surface area contributed by atoms with E-state index in [1.807, 2.05) is 0 Å². The first-order valence-corrected chi connectivity index (χ1v) is 4.41. The lowest BCUT2D eigenvalue weighted by molar-refractivity contribution is -0.137. The Balaban J connectivity index is 3.09. The minimum atomic E-state index is -1.26. The van der Waals surface area contributed by atoms with E-state index < -0.39 is 35.6 Å². The Morgan fingerprint density at radius 2 is 2.00 bits per heavy atom. The second-order valence-electron chi connectivity index (χ2n) is 3.07. The maximum Gasteiger partial charge on any atom is 0.305 e. The molecule has 6 heteroatoms. The molecule has 0 aromatic heterocycles. The number of hydrogen-bond acceptors (Lipinski definition) is 2. The SMILES string of the molecule is O=CN[C@H](CC(=O)O)c1c(F)cccc1F. The lowest BCUT2D eigenvalue weighted by Crippen LogP contribution is -2.24. The van der Waals surface area contributed by atoms with Gasteiger partial charge in [-0.05, 0) is 12.1 Å². The van der Waals surface area contributed by atoms with Gasteiger partial charge in [-0.1, -0.05) is 6.07 Å². The van der Waals surface area contributed by atoms with E-state index >= 15 is 0 Å². The fourth-order valence-corrected chi connectivity index (χ4v) is 1.34.